The largest absolute Gasteiger partial charge is 0.542 e. The summed E-state index contributed by atoms with van der Waals surface area (Å²) in [5, 5.41) is 3.41. The van der Waals surface area contributed by atoms with E-state index < -0.39 is 24.1 Å². The third-order valence-corrected chi connectivity index (χ3v) is 2.67. The van der Waals surface area contributed by atoms with Crippen LogP contribution in [0.2, 0.25) is 0 Å². The molecule has 0 saturated heterocycles. The van der Waals surface area contributed by atoms with Gasteiger partial charge in [0.15, 0.2) is 0 Å². The lowest BCUT2D eigenvalue weighted by Crippen LogP contribution is -2.21. The highest BCUT2D eigenvalue weighted by atomic mass is 16.7. The molecule has 1 rings (SSSR count). The Kier molecular flexibility index (Phi) is 8.19. The minimum atomic E-state index is -0.874. The first-order chi connectivity index (χ1) is 11.0. The average Bonchev–Trinajstić information content (AvgIpc) is 2.93. The molecule has 0 spiro atoms. The normalized spacial score (nSPS) is 12.1. The van der Waals surface area contributed by atoms with Crippen LogP contribution in [-0.4, -0.2) is 36.6 Å². The van der Waals surface area contributed by atoms with E-state index in [1.807, 2.05) is 6.92 Å². The number of carbonyl (C=O) groups is 2. The lowest BCUT2D eigenvalue weighted by Gasteiger charge is -2.14. The number of aromatic nitrogens is 1. The first kappa shape index (κ1) is 18.5. The fourth-order valence-corrected chi connectivity index (χ4v) is 1.57. The second-order valence-electron chi connectivity index (χ2n) is 4.38. The van der Waals surface area contributed by atoms with Gasteiger partial charge in [0.05, 0.1) is 0 Å². The smallest absolute Gasteiger partial charge is 0.459 e. The van der Waals surface area contributed by atoms with Crippen LogP contribution in [0.4, 0.5) is 4.79 Å². The van der Waals surface area contributed by atoms with Gasteiger partial charge >= 0.3 is 17.9 Å². The van der Waals surface area contributed by atoms with Crippen molar-refractivity contribution in [2.75, 3.05) is 13.2 Å². The zero-order valence-corrected chi connectivity index (χ0v) is 13.0. The second kappa shape index (κ2) is 10.2. The lowest BCUT2D eigenvalue weighted by atomic mass is 10.1. The van der Waals surface area contributed by atoms with Crippen molar-refractivity contribution in [3.63, 3.8) is 0 Å². The molecule has 0 fully saturated rings. The number of allylic oxidation sites excluding steroid dienone is 1. The Labute approximate surface area is 132 Å². The van der Waals surface area contributed by atoms with Crippen molar-refractivity contribution in [3.05, 3.63) is 28.7 Å². The first-order valence-corrected chi connectivity index (χ1v) is 7.13. The molecule has 1 atom stereocenters. The van der Waals surface area contributed by atoms with E-state index in [0.717, 1.165) is 0 Å². The van der Waals surface area contributed by atoms with Crippen LogP contribution in [0, 0.1) is 0 Å². The molecule has 1 heterocycles. The highest BCUT2D eigenvalue weighted by Gasteiger charge is 2.16. The van der Waals surface area contributed by atoms with E-state index in [1.165, 1.54) is 6.08 Å². The van der Waals surface area contributed by atoms with E-state index >= 15 is 0 Å². The molecule has 0 aliphatic carbocycles. The number of hydrogen-bond acceptors (Lipinski definition) is 9. The molecular formula is C14H19NO8. The molecule has 23 heavy (non-hydrogen) atoms. The third kappa shape index (κ3) is 7.84. The fourth-order valence-electron chi connectivity index (χ4n) is 1.57. The summed E-state index contributed by atoms with van der Waals surface area (Å²) in [6.45, 7) is 3.36. The number of ether oxygens (including phenoxy) is 3. The molecule has 0 saturated carbocycles. The summed E-state index contributed by atoms with van der Waals surface area (Å²) < 4.78 is 23.5. The summed E-state index contributed by atoms with van der Waals surface area (Å²) in [6, 6.07) is 0. The molecule has 0 bridgehead atoms. The topological polar surface area (TPSA) is 118 Å². The molecule has 1 aromatic heterocycles. The third-order valence-electron chi connectivity index (χ3n) is 2.67. The highest BCUT2D eigenvalue weighted by Crippen LogP contribution is 2.09. The molecular weight excluding hydrogens is 310 g/mol. The number of rotatable bonds is 9. The van der Waals surface area contributed by atoms with Gasteiger partial charge in [-0.25, -0.2) is 14.4 Å². The van der Waals surface area contributed by atoms with Crippen LogP contribution >= 0.6 is 0 Å². The van der Waals surface area contributed by atoms with Crippen molar-refractivity contribution < 1.29 is 32.7 Å². The van der Waals surface area contributed by atoms with E-state index in [0.29, 0.717) is 19.3 Å². The lowest BCUT2D eigenvalue weighted by molar-refractivity contribution is -0.139. The van der Waals surface area contributed by atoms with Gasteiger partial charge < -0.3 is 18.6 Å². The summed E-state index contributed by atoms with van der Waals surface area (Å²) in [4.78, 5) is 33.2. The van der Waals surface area contributed by atoms with Gasteiger partial charge in [-0.05, 0) is 24.9 Å². The van der Waals surface area contributed by atoms with Gasteiger partial charge in [-0.15, -0.1) is 0 Å². The van der Waals surface area contributed by atoms with Gasteiger partial charge in [0, 0.05) is 12.5 Å². The molecule has 0 radical (unpaired) electrons. The summed E-state index contributed by atoms with van der Waals surface area (Å²) in [5.74, 6) is -1.24. The van der Waals surface area contributed by atoms with Gasteiger partial charge in [-0.1, -0.05) is 13.0 Å². The number of esters is 1. The molecule has 1 aromatic rings. The Hall–Kier alpha value is -2.58. The Morgan fingerprint density at radius 1 is 1.30 bits per heavy atom. The van der Waals surface area contributed by atoms with Crippen molar-refractivity contribution in [2.45, 2.75) is 39.2 Å². The number of carbonyl (C=O) groups excluding carboxylic acids is 2. The molecule has 9 nitrogen and oxygen atoms in total. The summed E-state index contributed by atoms with van der Waals surface area (Å²) >= 11 is 0. The number of aryl methyl sites for hydroxylation is 1. The van der Waals surface area contributed by atoms with Crippen molar-refractivity contribution in [1.29, 1.82) is 0 Å². The van der Waals surface area contributed by atoms with Gasteiger partial charge in [0.2, 0.25) is 5.89 Å². The molecule has 0 aliphatic rings. The van der Waals surface area contributed by atoms with Crippen molar-refractivity contribution in [3.8, 4) is 0 Å². The maximum absolute atomic E-state index is 11.5. The Balaban J connectivity index is 2.22. The number of nitrogens with zero attached hydrogens (tertiary/aromatic N) is 1. The monoisotopic (exact) mass is 329 g/mol. The quantitative estimate of drug-likeness (QED) is 0.378. The zero-order chi connectivity index (χ0) is 17.1. The summed E-state index contributed by atoms with van der Waals surface area (Å²) in [7, 11) is 0. The van der Waals surface area contributed by atoms with E-state index in [2.05, 4.69) is 14.1 Å². The maximum atomic E-state index is 11.5. The minimum absolute atomic E-state index is 0.0564. The van der Waals surface area contributed by atoms with Crippen LogP contribution < -0.4 is 5.82 Å². The Bertz CT molecular complexity index is 573. The van der Waals surface area contributed by atoms with Gasteiger partial charge in [-0.2, -0.15) is 0 Å². The van der Waals surface area contributed by atoms with Crippen LogP contribution in [0.1, 0.15) is 32.6 Å². The standard InChI is InChI=1S/C14H19NO8/c1-3-5-12(16)19-8-9-20-13(17)21-10(4-2)6-7-11-15-23-14(18)22-11/h3,5,10H,4,6-9H2,1-2H3. The van der Waals surface area contributed by atoms with Gasteiger partial charge in [0.25, 0.3) is 0 Å². The fraction of sp³-hybridized carbons (Fsp3) is 0.571. The Morgan fingerprint density at radius 2 is 2.04 bits per heavy atom. The van der Waals surface area contributed by atoms with Crippen molar-refractivity contribution in [1.82, 2.24) is 5.16 Å². The van der Waals surface area contributed by atoms with E-state index in [-0.39, 0.29) is 19.1 Å². The van der Waals surface area contributed by atoms with Crippen LogP contribution in [0.5, 0.6) is 0 Å². The van der Waals surface area contributed by atoms with Gasteiger partial charge in [-0.3, -0.25) is 4.52 Å². The minimum Gasteiger partial charge on any atom is -0.459 e. The van der Waals surface area contributed by atoms with Crippen LogP contribution in [0.15, 0.2) is 25.9 Å². The molecule has 9 heteroatoms. The van der Waals surface area contributed by atoms with Crippen molar-refractivity contribution >= 4 is 12.1 Å². The van der Waals surface area contributed by atoms with E-state index in [9.17, 15) is 14.4 Å². The van der Waals surface area contributed by atoms with Crippen LogP contribution in [0.3, 0.4) is 0 Å². The molecule has 0 N–H and O–H groups in total. The van der Waals surface area contributed by atoms with E-state index in [1.54, 1.807) is 13.0 Å². The highest BCUT2D eigenvalue weighted by molar-refractivity contribution is 5.81. The molecule has 0 aliphatic heterocycles. The summed E-state index contributed by atoms with van der Waals surface area (Å²) in [6.07, 6.45) is 2.76. The van der Waals surface area contributed by atoms with E-state index in [4.69, 9.17) is 14.2 Å². The maximum Gasteiger partial charge on any atom is 0.542 e. The van der Waals surface area contributed by atoms with Crippen LogP contribution in [-0.2, 0) is 25.4 Å². The Morgan fingerprint density at radius 3 is 2.65 bits per heavy atom. The van der Waals surface area contributed by atoms with Crippen molar-refractivity contribution in [2.24, 2.45) is 0 Å². The predicted molar refractivity (Wildman–Crippen MR) is 75.6 cm³/mol. The zero-order valence-electron chi connectivity index (χ0n) is 13.0. The number of hydrogen-bond donors (Lipinski definition) is 0. The average molecular weight is 329 g/mol. The summed E-state index contributed by atoms with van der Waals surface area (Å²) in [5.41, 5.74) is 0. The molecule has 0 aromatic carbocycles. The van der Waals surface area contributed by atoms with Crippen LogP contribution in [0.25, 0.3) is 0 Å². The first-order valence-electron chi connectivity index (χ1n) is 7.13. The molecule has 0 amide bonds. The SMILES string of the molecule is CC=CC(=O)OCCOC(=O)OC(CC)CCc1noc(=O)o1. The molecule has 128 valence electrons. The second-order valence-corrected chi connectivity index (χ2v) is 4.38. The molecule has 1 unspecified atom stereocenters. The predicted octanol–water partition coefficient (Wildman–Crippen LogP) is 1.61. The van der Waals surface area contributed by atoms with Gasteiger partial charge in [0.1, 0.15) is 19.3 Å².